The Bertz CT molecular complexity index is 693. The van der Waals surface area contributed by atoms with Gasteiger partial charge in [-0.3, -0.25) is 0 Å². The van der Waals surface area contributed by atoms with Crippen molar-refractivity contribution in [3.8, 4) is 0 Å². The summed E-state index contributed by atoms with van der Waals surface area (Å²) >= 11 is 1.12. The van der Waals surface area contributed by atoms with Crippen LogP contribution < -0.4 is 0 Å². The molecule has 0 atom stereocenters. The number of oxazole rings is 1. The molecular formula is C14H10FNO2S. The number of hydrogen-bond acceptors (Lipinski definition) is 4. The Morgan fingerprint density at radius 3 is 2.79 bits per heavy atom. The van der Waals surface area contributed by atoms with Gasteiger partial charge in [0.15, 0.2) is 5.58 Å². The molecule has 1 heterocycles. The lowest BCUT2D eigenvalue weighted by molar-refractivity contribution is 0.281. The van der Waals surface area contributed by atoms with Crippen LogP contribution in [0.1, 0.15) is 5.56 Å². The fraction of sp³-hybridized carbons (Fsp3) is 0.0714. The third-order valence-corrected chi connectivity index (χ3v) is 3.55. The highest BCUT2D eigenvalue weighted by Gasteiger charge is 2.10. The second-order valence-electron chi connectivity index (χ2n) is 3.97. The van der Waals surface area contributed by atoms with Gasteiger partial charge >= 0.3 is 0 Å². The monoisotopic (exact) mass is 275 g/mol. The van der Waals surface area contributed by atoms with Crippen LogP contribution in [0.5, 0.6) is 0 Å². The molecule has 0 aliphatic carbocycles. The molecule has 0 aliphatic heterocycles. The first-order valence-corrected chi connectivity index (χ1v) is 6.50. The van der Waals surface area contributed by atoms with E-state index >= 15 is 0 Å². The van der Waals surface area contributed by atoms with E-state index in [1.165, 1.54) is 6.07 Å². The molecule has 3 nitrogen and oxygen atoms in total. The van der Waals surface area contributed by atoms with Crippen LogP contribution in [0.4, 0.5) is 4.39 Å². The first kappa shape index (κ1) is 12.2. The van der Waals surface area contributed by atoms with Gasteiger partial charge in [0.2, 0.25) is 0 Å². The molecule has 0 unspecified atom stereocenters. The minimum atomic E-state index is -0.390. The van der Waals surface area contributed by atoms with E-state index in [-0.39, 0.29) is 12.4 Å². The number of rotatable bonds is 3. The van der Waals surface area contributed by atoms with Crippen molar-refractivity contribution in [1.29, 1.82) is 0 Å². The smallest absolute Gasteiger partial charge is 0.261 e. The van der Waals surface area contributed by atoms with Gasteiger partial charge in [0.05, 0.1) is 11.5 Å². The zero-order valence-corrected chi connectivity index (χ0v) is 10.7. The molecule has 96 valence electrons. The van der Waals surface area contributed by atoms with Gasteiger partial charge < -0.3 is 9.52 Å². The van der Waals surface area contributed by atoms with Crippen molar-refractivity contribution in [1.82, 2.24) is 4.98 Å². The summed E-state index contributed by atoms with van der Waals surface area (Å²) in [5.74, 6) is -0.390. The van der Waals surface area contributed by atoms with Crippen LogP contribution in [0.3, 0.4) is 0 Å². The Kier molecular flexibility index (Phi) is 3.23. The molecule has 0 amide bonds. The van der Waals surface area contributed by atoms with Crippen molar-refractivity contribution in [3.63, 3.8) is 0 Å². The summed E-state index contributed by atoms with van der Waals surface area (Å²) in [6.07, 6.45) is 0. The first-order valence-electron chi connectivity index (χ1n) is 5.69. The fourth-order valence-corrected chi connectivity index (χ4v) is 2.47. The fourth-order valence-electron chi connectivity index (χ4n) is 1.71. The number of nitrogens with zero attached hydrogens (tertiary/aromatic N) is 1. The highest BCUT2D eigenvalue weighted by Crippen LogP contribution is 2.31. The molecule has 0 radical (unpaired) electrons. The van der Waals surface area contributed by atoms with Crippen molar-refractivity contribution in [3.05, 3.63) is 53.8 Å². The van der Waals surface area contributed by atoms with Crippen molar-refractivity contribution in [2.24, 2.45) is 0 Å². The predicted octanol–water partition coefficient (Wildman–Crippen LogP) is 3.61. The van der Waals surface area contributed by atoms with Crippen molar-refractivity contribution >= 4 is 22.9 Å². The summed E-state index contributed by atoms with van der Waals surface area (Å²) in [4.78, 5) is 4.69. The number of fused-ring (bicyclic) bond motifs is 1. The standard InChI is InChI=1S/C14H10FNO2S/c15-10-7-9(8-17)5-6-13(10)19-14-16-11-3-1-2-4-12(11)18-14/h1-7,17H,8H2. The maximum atomic E-state index is 13.8. The molecule has 0 aliphatic rings. The largest absolute Gasteiger partial charge is 0.431 e. The highest BCUT2D eigenvalue weighted by molar-refractivity contribution is 7.99. The Labute approximate surface area is 113 Å². The van der Waals surface area contributed by atoms with E-state index in [4.69, 9.17) is 9.52 Å². The van der Waals surface area contributed by atoms with E-state index in [2.05, 4.69) is 4.98 Å². The number of aromatic nitrogens is 1. The number of aliphatic hydroxyl groups is 1. The Balaban J connectivity index is 1.92. The van der Waals surface area contributed by atoms with E-state index in [0.717, 1.165) is 17.3 Å². The average molecular weight is 275 g/mol. The molecule has 2 aromatic carbocycles. The molecule has 3 rings (SSSR count). The lowest BCUT2D eigenvalue weighted by Gasteiger charge is -2.01. The molecule has 0 saturated carbocycles. The van der Waals surface area contributed by atoms with E-state index < -0.39 is 0 Å². The molecule has 0 spiro atoms. The zero-order chi connectivity index (χ0) is 13.2. The van der Waals surface area contributed by atoms with Crippen molar-refractivity contribution < 1.29 is 13.9 Å². The third kappa shape index (κ3) is 2.47. The zero-order valence-electron chi connectivity index (χ0n) is 9.84. The minimum absolute atomic E-state index is 0.176. The summed E-state index contributed by atoms with van der Waals surface area (Å²) in [5, 5.41) is 9.33. The molecule has 0 fully saturated rings. The van der Waals surface area contributed by atoms with Crippen LogP contribution in [-0.2, 0) is 6.61 Å². The topological polar surface area (TPSA) is 46.3 Å². The van der Waals surface area contributed by atoms with E-state index in [9.17, 15) is 4.39 Å². The maximum absolute atomic E-state index is 13.8. The SMILES string of the molecule is OCc1ccc(Sc2nc3ccccc3o2)c(F)c1. The van der Waals surface area contributed by atoms with Crippen LogP contribution in [0.2, 0.25) is 0 Å². The molecule has 0 bridgehead atoms. The van der Waals surface area contributed by atoms with Crippen LogP contribution in [-0.4, -0.2) is 10.1 Å². The third-order valence-electron chi connectivity index (χ3n) is 2.65. The Morgan fingerprint density at radius 1 is 1.21 bits per heavy atom. The Morgan fingerprint density at radius 2 is 2.05 bits per heavy atom. The van der Waals surface area contributed by atoms with Crippen LogP contribution in [0, 0.1) is 5.82 Å². The van der Waals surface area contributed by atoms with Crippen molar-refractivity contribution in [2.75, 3.05) is 0 Å². The molecule has 3 aromatic rings. The van der Waals surface area contributed by atoms with Gasteiger partial charge in [-0.2, -0.15) is 0 Å². The number of hydrogen-bond donors (Lipinski definition) is 1. The van der Waals surface area contributed by atoms with Crippen molar-refractivity contribution in [2.45, 2.75) is 16.7 Å². The summed E-state index contributed by atoms with van der Waals surface area (Å²) in [6.45, 7) is -0.176. The number of para-hydroxylation sites is 2. The molecule has 0 saturated heterocycles. The molecular weight excluding hydrogens is 265 g/mol. The van der Waals surface area contributed by atoms with Gasteiger partial charge in [-0.1, -0.05) is 18.2 Å². The van der Waals surface area contributed by atoms with Gasteiger partial charge in [0.1, 0.15) is 11.3 Å². The van der Waals surface area contributed by atoms with Crippen LogP contribution in [0.15, 0.2) is 57.0 Å². The summed E-state index contributed by atoms with van der Waals surface area (Å²) in [7, 11) is 0. The molecule has 19 heavy (non-hydrogen) atoms. The second-order valence-corrected chi connectivity index (χ2v) is 4.97. The quantitative estimate of drug-likeness (QED) is 0.793. The predicted molar refractivity (Wildman–Crippen MR) is 70.5 cm³/mol. The van der Waals surface area contributed by atoms with E-state index in [1.54, 1.807) is 12.1 Å². The maximum Gasteiger partial charge on any atom is 0.261 e. The summed E-state index contributed by atoms with van der Waals surface area (Å²) in [6, 6.07) is 12.0. The molecule has 1 N–H and O–H groups in total. The molecule has 5 heteroatoms. The van der Waals surface area contributed by atoms with Gasteiger partial charge in [0, 0.05) is 0 Å². The van der Waals surface area contributed by atoms with Gasteiger partial charge in [0.25, 0.3) is 5.22 Å². The highest BCUT2D eigenvalue weighted by atomic mass is 32.2. The number of halogens is 1. The summed E-state index contributed by atoms with van der Waals surface area (Å²) in [5.41, 5.74) is 1.97. The first-order chi connectivity index (χ1) is 9.26. The average Bonchev–Trinajstić information content (AvgIpc) is 2.83. The van der Waals surface area contributed by atoms with E-state index in [1.807, 2.05) is 24.3 Å². The Hall–Kier alpha value is -1.85. The lowest BCUT2D eigenvalue weighted by atomic mass is 10.2. The number of aliphatic hydroxyl groups excluding tert-OH is 1. The summed E-state index contributed by atoms with van der Waals surface area (Å²) < 4.78 is 19.3. The minimum Gasteiger partial charge on any atom is -0.431 e. The van der Waals surface area contributed by atoms with Gasteiger partial charge in [-0.15, -0.1) is 0 Å². The van der Waals surface area contributed by atoms with E-state index in [0.29, 0.717) is 21.3 Å². The van der Waals surface area contributed by atoms with Gasteiger partial charge in [-0.25, -0.2) is 9.37 Å². The van der Waals surface area contributed by atoms with Crippen LogP contribution in [0.25, 0.3) is 11.1 Å². The lowest BCUT2D eigenvalue weighted by Crippen LogP contribution is -1.87. The number of benzene rings is 2. The second kappa shape index (κ2) is 5.03. The van der Waals surface area contributed by atoms with Crippen LogP contribution >= 0.6 is 11.8 Å². The molecule has 1 aromatic heterocycles. The normalized spacial score (nSPS) is 11.1. The van der Waals surface area contributed by atoms with Gasteiger partial charge in [-0.05, 0) is 41.6 Å².